The zero-order valence-electron chi connectivity index (χ0n) is 26.9. The van der Waals surface area contributed by atoms with Crippen molar-refractivity contribution in [1.82, 2.24) is 29.1 Å². The van der Waals surface area contributed by atoms with Gasteiger partial charge in [-0.25, -0.2) is 19.6 Å². The second-order valence-electron chi connectivity index (χ2n) is 11.6. The molecule has 4 heterocycles. The molecular formula is C36H34N6O6. The summed E-state index contributed by atoms with van der Waals surface area (Å²) in [6.45, 7) is 3.60. The summed E-state index contributed by atoms with van der Waals surface area (Å²) in [5, 5.41) is 1.74. The van der Waals surface area contributed by atoms with Gasteiger partial charge in [0.1, 0.15) is 0 Å². The third-order valence-corrected chi connectivity index (χ3v) is 8.48. The maximum atomic E-state index is 13.6. The van der Waals surface area contributed by atoms with Gasteiger partial charge in [-0.1, -0.05) is 36.4 Å². The summed E-state index contributed by atoms with van der Waals surface area (Å²) in [5.74, 6) is -2.66. The molecule has 0 amide bonds. The van der Waals surface area contributed by atoms with Gasteiger partial charge < -0.3 is 28.6 Å². The Morgan fingerprint density at radius 3 is 1.44 bits per heavy atom. The number of ketones is 2. The lowest BCUT2D eigenvalue weighted by Gasteiger charge is -2.18. The molecule has 244 valence electrons. The van der Waals surface area contributed by atoms with E-state index >= 15 is 0 Å². The van der Waals surface area contributed by atoms with Gasteiger partial charge in [-0.05, 0) is 38.1 Å². The number of nitrogens with one attached hydrogen (secondary N) is 2. The van der Waals surface area contributed by atoms with Gasteiger partial charge in [0.2, 0.25) is 12.2 Å². The number of carbonyl (C=O) groups excluding carboxylic acids is 4. The Bertz CT molecular complexity index is 2040. The molecule has 0 spiro atoms. The highest BCUT2D eigenvalue weighted by molar-refractivity contribution is 5.96. The van der Waals surface area contributed by atoms with Gasteiger partial charge in [0, 0.05) is 59.4 Å². The zero-order valence-corrected chi connectivity index (χ0v) is 26.9. The van der Waals surface area contributed by atoms with E-state index in [2.05, 4.69) is 19.9 Å². The molecule has 0 fully saturated rings. The molecule has 4 aromatic heterocycles. The summed E-state index contributed by atoms with van der Waals surface area (Å²) < 4.78 is 15.0. The van der Waals surface area contributed by atoms with Crippen molar-refractivity contribution >= 4 is 45.3 Å². The first kappa shape index (κ1) is 31.9. The van der Waals surface area contributed by atoms with E-state index in [1.165, 1.54) is 12.7 Å². The molecule has 0 bridgehead atoms. The van der Waals surface area contributed by atoms with Crippen LogP contribution in [0.25, 0.3) is 21.8 Å². The number of H-pyrrole nitrogens is 2. The Morgan fingerprint density at radius 1 is 0.688 bits per heavy atom. The smallest absolute Gasteiger partial charge is 0.332 e. The number of aryl methyl sites for hydroxylation is 4. The number of aromatic nitrogens is 6. The molecule has 0 aliphatic carbocycles. The average Bonchev–Trinajstić information content (AvgIpc) is 3.84. The fourth-order valence-electron chi connectivity index (χ4n) is 5.80. The molecule has 0 saturated heterocycles. The monoisotopic (exact) mass is 646 g/mol. The minimum Gasteiger partial charge on any atom is -0.445 e. The summed E-state index contributed by atoms with van der Waals surface area (Å²) in [6, 6.07) is 18.7. The topological polar surface area (TPSA) is 154 Å². The maximum Gasteiger partial charge on any atom is 0.332 e. The second kappa shape index (κ2) is 13.4. The van der Waals surface area contributed by atoms with Gasteiger partial charge in [-0.2, -0.15) is 0 Å². The number of hydrogen-bond donors (Lipinski definition) is 2. The number of fused-ring (bicyclic) bond motifs is 2. The molecule has 2 unspecified atom stereocenters. The molecule has 48 heavy (non-hydrogen) atoms. The number of benzene rings is 2. The van der Waals surface area contributed by atoms with Crippen LogP contribution in [0.4, 0.5) is 0 Å². The largest absolute Gasteiger partial charge is 0.445 e. The van der Waals surface area contributed by atoms with Gasteiger partial charge in [0.15, 0.2) is 11.6 Å². The lowest BCUT2D eigenvalue weighted by Crippen LogP contribution is -2.24. The van der Waals surface area contributed by atoms with Gasteiger partial charge in [0.05, 0.1) is 48.3 Å². The standard InChI is InChI=1S/C36H34N6O6/c1-21-25(39-19-37-21)17-31(43)35(29-15-23-9-5-7-11-27(23)41(29)3)47-33(45)13-14-34(46)48-36(32(44)18-26-22(2)38-20-40-26)30-16-24-10-6-8-12-28(24)42(30)4/h5-16,19-20,35-36H,17-18H2,1-4H3,(H,37,39)(H,38,40)/b14-13-. The number of para-hydroxylation sites is 2. The van der Waals surface area contributed by atoms with E-state index in [1.54, 1.807) is 49.2 Å². The van der Waals surface area contributed by atoms with Crippen LogP contribution in [0.1, 0.15) is 46.4 Å². The number of imidazole rings is 2. The molecule has 2 aromatic carbocycles. The Balaban J connectivity index is 1.23. The van der Waals surface area contributed by atoms with Gasteiger partial charge in [-0.15, -0.1) is 0 Å². The Labute approximate surface area is 275 Å². The van der Waals surface area contributed by atoms with E-state index in [-0.39, 0.29) is 12.8 Å². The second-order valence-corrected chi connectivity index (χ2v) is 11.6. The predicted molar refractivity (Wildman–Crippen MR) is 177 cm³/mol. The van der Waals surface area contributed by atoms with Gasteiger partial charge in [-0.3, -0.25) is 9.59 Å². The highest BCUT2D eigenvalue weighted by Gasteiger charge is 2.30. The van der Waals surface area contributed by atoms with Gasteiger partial charge >= 0.3 is 11.9 Å². The third-order valence-electron chi connectivity index (χ3n) is 8.48. The first-order chi connectivity index (χ1) is 23.1. The van der Waals surface area contributed by atoms with Crippen molar-refractivity contribution in [2.24, 2.45) is 14.1 Å². The van der Waals surface area contributed by atoms with Crippen molar-refractivity contribution < 1.29 is 28.7 Å². The molecule has 0 radical (unpaired) electrons. The van der Waals surface area contributed by atoms with Crippen molar-refractivity contribution in [3.8, 4) is 0 Å². The van der Waals surface area contributed by atoms with E-state index in [4.69, 9.17) is 9.47 Å². The number of Topliss-reactive ketones (excluding diaryl/α,β-unsaturated/α-hetero) is 2. The average molecular weight is 647 g/mol. The number of hydrogen-bond acceptors (Lipinski definition) is 8. The van der Waals surface area contributed by atoms with E-state index in [9.17, 15) is 19.2 Å². The molecule has 2 N–H and O–H groups in total. The van der Waals surface area contributed by atoms with Crippen LogP contribution in [0.5, 0.6) is 0 Å². The van der Waals surface area contributed by atoms with Crippen LogP contribution in [-0.2, 0) is 55.6 Å². The normalized spacial score (nSPS) is 12.8. The summed E-state index contributed by atoms with van der Waals surface area (Å²) in [6.07, 6.45) is 2.06. The summed E-state index contributed by atoms with van der Waals surface area (Å²) in [7, 11) is 3.57. The van der Waals surface area contributed by atoms with E-state index in [0.29, 0.717) is 22.8 Å². The fraction of sp³-hybridized carbons (Fsp3) is 0.222. The minimum atomic E-state index is -1.28. The fourth-order valence-corrected chi connectivity index (χ4v) is 5.80. The van der Waals surface area contributed by atoms with E-state index < -0.39 is 35.7 Å². The quantitative estimate of drug-likeness (QED) is 0.142. The molecule has 0 saturated carbocycles. The zero-order chi connectivity index (χ0) is 33.9. The predicted octanol–water partition coefficient (Wildman–Crippen LogP) is 4.78. The molecule has 2 atom stereocenters. The lowest BCUT2D eigenvalue weighted by molar-refractivity contribution is -0.152. The molecule has 6 aromatic rings. The lowest BCUT2D eigenvalue weighted by atomic mass is 10.1. The van der Waals surface area contributed by atoms with Crippen LogP contribution in [0.3, 0.4) is 0 Å². The minimum absolute atomic E-state index is 0.0785. The maximum absolute atomic E-state index is 13.6. The van der Waals surface area contributed by atoms with Crippen molar-refractivity contribution in [2.45, 2.75) is 38.9 Å². The summed E-state index contributed by atoms with van der Waals surface area (Å²) in [5.41, 5.74) is 5.16. The van der Waals surface area contributed by atoms with Crippen LogP contribution >= 0.6 is 0 Å². The van der Waals surface area contributed by atoms with Crippen molar-refractivity contribution in [1.29, 1.82) is 0 Å². The van der Waals surface area contributed by atoms with Crippen molar-refractivity contribution in [3.63, 3.8) is 0 Å². The van der Waals surface area contributed by atoms with E-state index in [0.717, 1.165) is 45.3 Å². The van der Waals surface area contributed by atoms with Gasteiger partial charge in [0.25, 0.3) is 0 Å². The highest BCUT2D eigenvalue weighted by atomic mass is 16.6. The number of aromatic amines is 2. The molecule has 12 heteroatoms. The summed E-state index contributed by atoms with van der Waals surface area (Å²) in [4.78, 5) is 67.8. The Kier molecular flexibility index (Phi) is 8.89. The van der Waals surface area contributed by atoms with Crippen LogP contribution < -0.4 is 0 Å². The number of nitrogens with zero attached hydrogens (tertiary/aromatic N) is 4. The molecule has 0 aliphatic rings. The van der Waals surface area contributed by atoms with Crippen LogP contribution in [0.2, 0.25) is 0 Å². The highest BCUT2D eigenvalue weighted by Crippen LogP contribution is 2.29. The van der Waals surface area contributed by atoms with E-state index in [1.807, 2.05) is 48.5 Å². The Hall–Kier alpha value is -6.04. The van der Waals surface area contributed by atoms with Crippen molar-refractivity contribution in [2.75, 3.05) is 0 Å². The van der Waals surface area contributed by atoms with Crippen LogP contribution in [0.15, 0.2) is 85.5 Å². The molecule has 0 aliphatic heterocycles. The number of carbonyl (C=O) groups is 4. The van der Waals surface area contributed by atoms with Crippen molar-refractivity contribution in [3.05, 3.63) is 120 Å². The number of ether oxygens (including phenoxy) is 2. The Morgan fingerprint density at radius 2 is 1.08 bits per heavy atom. The van der Waals surface area contributed by atoms with Crippen LogP contribution in [-0.4, -0.2) is 52.6 Å². The molecular weight excluding hydrogens is 612 g/mol. The molecule has 6 rings (SSSR count). The SMILES string of the molecule is Cc1[nH]cnc1CC(=O)C(OC(=O)/C=C\C(=O)OC(C(=O)Cc1nc[nH]c1C)c1cc2ccccc2n1C)c1cc2ccccc2n1C. The first-order valence-electron chi connectivity index (χ1n) is 15.3. The van der Waals surface area contributed by atoms with Crippen LogP contribution in [0, 0.1) is 13.8 Å². The summed E-state index contributed by atoms with van der Waals surface area (Å²) >= 11 is 0. The number of rotatable bonds is 12. The first-order valence-corrected chi connectivity index (χ1v) is 15.3. The third kappa shape index (κ3) is 6.45. The molecule has 12 nitrogen and oxygen atoms in total. The number of esters is 2.